The summed E-state index contributed by atoms with van der Waals surface area (Å²) in [6.07, 6.45) is 0. The number of hydrogen-bond acceptors (Lipinski definition) is 2. The predicted molar refractivity (Wildman–Crippen MR) is 65.1 cm³/mol. The molecule has 1 N–H and O–H groups in total. The normalized spacial score (nSPS) is 11.1. The minimum Gasteiger partial charge on any atom is -0.497 e. The lowest BCUT2D eigenvalue weighted by molar-refractivity contribution is -0.125. The summed E-state index contributed by atoms with van der Waals surface area (Å²) in [6.45, 7) is 3.69. The van der Waals surface area contributed by atoms with Crippen LogP contribution in [0.3, 0.4) is 0 Å². The molecule has 0 saturated carbocycles. The number of methoxy groups -OCH3 is 1. The molecule has 0 unspecified atom stereocenters. The SMILES string of the molecule is CNC(=O)C(C)(C)c1cc(Cl)cc(OC)c1. The van der Waals surface area contributed by atoms with Crippen LogP contribution < -0.4 is 10.1 Å². The van der Waals surface area contributed by atoms with Crippen LogP contribution >= 0.6 is 11.6 Å². The van der Waals surface area contributed by atoms with E-state index in [4.69, 9.17) is 16.3 Å². The van der Waals surface area contributed by atoms with Gasteiger partial charge in [0.05, 0.1) is 12.5 Å². The maximum absolute atomic E-state index is 11.7. The van der Waals surface area contributed by atoms with Crippen molar-refractivity contribution in [1.82, 2.24) is 5.32 Å². The van der Waals surface area contributed by atoms with Crippen molar-refractivity contribution < 1.29 is 9.53 Å². The third-order valence-corrected chi connectivity index (χ3v) is 2.84. The number of likely N-dealkylation sites (N-methyl/N-ethyl adjacent to an activating group) is 1. The molecular weight excluding hydrogens is 226 g/mol. The van der Waals surface area contributed by atoms with E-state index in [2.05, 4.69) is 5.32 Å². The molecule has 1 aromatic rings. The summed E-state index contributed by atoms with van der Waals surface area (Å²) in [4.78, 5) is 11.7. The second-order valence-corrected chi connectivity index (χ2v) is 4.52. The number of hydrogen-bond donors (Lipinski definition) is 1. The molecule has 16 heavy (non-hydrogen) atoms. The van der Waals surface area contributed by atoms with Crippen molar-refractivity contribution in [3.8, 4) is 5.75 Å². The standard InChI is InChI=1S/C12H16ClNO2/c1-12(2,11(15)14-3)8-5-9(13)7-10(6-8)16-4/h5-7H,1-4H3,(H,14,15). The van der Waals surface area contributed by atoms with Crippen molar-refractivity contribution in [3.05, 3.63) is 28.8 Å². The van der Waals surface area contributed by atoms with E-state index in [-0.39, 0.29) is 5.91 Å². The topological polar surface area (TPSA) is 38.3 Å². The maximum Gasteiger partial charge on any atom is 0.229 e. The summed E-state index contributed by atoms with van der Waals surface area (Å²) < 4.78 is 5.13. The van der Waals surface area contributed by atoms with Crippen molar-refractivity contribution in [2.24, 2.45) is 0 Å². The van der Waals surface area contributed by atoms with Crippen LogP contribution in [-0.4, -0.2) is 20.1 Å². The van der Waals surface area contributed by atoms with E-state index < -0.39 is 5.41 Å². The molecule has 0 aromatic heterocycles. The van der Waals surface area contributed by atoms with Gasteiger partial charge in [-0.15, -0.1) is 0 Å². The minimum atomic E-state index is -0.632. The zero-order valence-electron chi connectivity index (χ0n) is 9.93. The van der Waals surface area contributed by atoms with E-state index >= 15 is 0 Å². The molecule has 0 atom stereocenters. The molecule has 1 amide bonds. The molecule has 0 bridgehead atoms. The van der Waals surface area contributed by atoms with Crippen molar-refractivity contribution in [1.29, 1.82) is 0 Å². The van der Waals surface area contributed by atoms with Crippen LogP contribution in [0.2, 0.25) is 5.02 Å². The monoisotopic (exact) mass is 241 g/mol. The summed E-state index contributed by atoms with van der Waals surface area (Å²) in [5.74, 6) is 0.594. The molecule has 0 aliphatic rings. The highest BCUT2D eigenvalue weighted by Crippen LogP contribution is 2.30. The van der Waals surface area contributed by atoms with Crippen LogP contribution in [0.4, 0.5) is 0 Å². The first-order chi connectivity index (χ1) is 7.41. The molecule has 0 heterocycles. The van der Waals surface area contributed by atoms with Gasteiger partial charge in [-0.1, -0.05) is 11.6 Å². The van der Waals surface area contributed by atoms with Crippen LogP contribution in [0.1, 0.15) is 19.4 Å². The Balaban J connectivity index is 3.21. The number of ether oxygens (including phenoxy) is 1. The van der Waals surface area contributed by atoms with Gasteiger partial charge < -0.3 is 10.1 Å². The third-order valence-electron chi connectivity index (χ3n) is 2.62. The molecule has 0 aliphatic heterocycles. The third kappa shape index (κ3) is 2.47. The number of carbonyl (C=O) groups is 1. The summed E-state index contributed by atoms with van der Waals surface area (Å²) in [5.41, 5.74) is 0.198. The lowest BCUT2D eigenvalue weighted by Crippen LogP contribution is -2.37. The molecule has 4 heteroatoms. The highest BCUT2D eigenvalue weighted by Gasteiger charge is 2.29. The highest BCUT2D eigenvalue weighted by atomic mass is 35.5. The molecule has 0 radical (unpaired) electrons. The lowest BCUT2D eigenvalue weighted by atomic mass is 9.83. The molecule has 1 rings (SSSR count). The Morgan fingerprint density at radius 2 is 2.00 bits per heavy atom. The van der Waals surface area contributed by atoms with Gasteiger partial charge in [-0.2, -0.15) is 0 Å². The number of carbonyl (C=O) groups excluding carboxylic acids is 1. The predicted octanol–water partition coefficient (Wildman–Crippen LogP) is 2.37. The molecule has 0 aliphatic carbocycles. The summed E-state index contributed by atoms with van der Waals surface area (Å²) >= 11 is 5.97. The highest BCUT2D eigenvalue weighted by molar-refractivity contribution is 6.30. The number of rotatable bonds is 3. The average molecular weight is 242 g/mol. The number of nitrogens with one attached hydrogen (secondary N) is 1. The van der Waals surface area contributed by atoms with Crippen LogP contribution in [0.5, 0.6) is 5.75 Å². The first kappa shape index (κ1) is 12.8. The molecule has 88 valence electrons. The first-order valence-corrected chi connectivity index (χ1v) is 5.37. The van der Waals surface area contributed by atoms with Crippen molar-refractivity contribution in [3.63, 3.8) is 0 Å². The van der Waals surface area contributed by atoms with E-state index in [1.165, 1.54) is 0 Å². The second-order valence-electron chi connectivity index (χ2n) is 4.08. The Morgan fingerprint density at radius 1 is 1.38 bits per heavy atom. The number of amides is 1. The lowest BCUT2D eigenvalue weighted by Gasteiger charge is -2.23. The fourth-order valence-electron chi connectivity index (χ4n) is 1.49. The molecule has 0 spiro atoms. The van der Waals surface area contributed by atoms with Gasteiger partial charge >= 0.3 is 0 Å². The van der Waals surface area contributed by atoms with Gasteiger partial charge in [-0.25, -0.2) is 0 Å². The van der Waals surface area contributed by atoms with Gasteiger partial charge in [-0.3, -0.25) is 4.79 Å². The van der Waals surface area contributed by atoms with Crippen molar-refractivity contribution in [2.45, 2.75) is 19.3 Å². The molecule has 0 fully saturated rings. The quantitative estimate of drug-likeness (QED) is 0.883. The zero-order chi connectivity index (χ0) is 12.3. The van der Waals surface area contributed by atoms with Crippen molar-refractivity contribution in [2.75, 3.05) is 14.2 Å². The van der Waals surface area contributed by atoms with E-state index in [1.807, 2.05) is 19.9 Å². The largest absolute Gasteiger partial charge is 0.497 e. The fraction of sp³-hybridized carbons (Fsp3) is 0.417. The molecule has 3 nitrogen and oxygen atoms in total. The Labute approximate surface area is 101 Å². The van der Waals surface area contributed by atoms with Gasteiger partial charge in [0.15, 0.2) is 0 Å². The Kier molecular flexibility index (Phi) is 3.81. The molecular formula is C12H16ClNO2. The zero-order valence-corrected chi connectivity index (χ0v) is 10.7. The second kappa shape index (κ2) is 4.74. The van der Waals surface area contributed by atoms with E-state index in [0.29, 0.717) is 10.8 Å². The van der Waals surface area contributed by atoms with Gasteiger partial charge in [-0.05, 0) is 37.6 Å². The average Bonchev–Trinajstić information content (AvgIpc) is 2.26. The van der Waals surface area contributed by atoms with Crippen molar-refractivity contribution >= 4 is 17.5 Å². The Hall–Kier alpha value is -1.22. The first-order valence-electron chi connectivity index (χ1n) is 4.99. The number of halogens is 1. The van der Waals surface area contributed by atoms with Gasteiger partial charge in [0.2, 0.25) is 5.91 Å². The number of benzene rings is 1. The molecule has 1 aromatic carbocycles. The van der Waals surface area contributed by atoms with Crippen LogP contribution in [-0.2, 0) is 10.2 Å². The summed E-state index contributed by atoms with van der Waals surface area (Å²) in [5, 5.41) is 3.20. The van der Waals surface area contributed by atoms with Gasteiger partial charge in [0, 0.05) is 12.1 Å². The summed E-state index contributed by atoms with van der Waals surface area (Å²) in [6, 6.07) is 5.31. The van der Waals surface area contributed by atoms with E-state index in [0.717, 1.165) is 5.56 Å². The van der Waals surface area contributed by atoms with E-state index in [1.54, 1.807) is 26.3 Å². The van der Waals surface area contributed by atoms with E-state index in [9.17, 15) is 4.79 Å². The minimum absolute atomic E-state index is 0.0585. The van der Waals surface area contributed by atoms with Gasteiger partial charge in [0.1, 0.15) is 5.75 Å². The summed E-state index contributed by atoms with van der Waals surface area (Å²) in [7, 11) is 3.19. The Bertz CT molecular complexity index is 402. The van der Waals surface area contributed by atoms with Crippen LogP contribution in [0, 0.1) is 0 Å². The fourth-order valence-corrected chi connectivity index (χ4v) is 1.71. The van der Waals surface area contributed by atoms with Crippen LogP contribution in [0.25, 0.3) is 0 Å². The molecule has 0 saturated heterocycles. The smallest absolute Gasteiger partial charge is 0.229 e. The van der Waals surface area contributed by atoms with Crippen LogP contribution in [0.15, 0.2) is 18.2 Å². The Morgan fingerprint density at radius 3 is 2.50 bits per heavy atom. The van der Waals surface area contributed by atoms with Gasteiger partial charge in [0.25, 0.3) is 0 Å². The maximum atomic E-state index is 11.7.